The second kappa shape index (κ2) is 7.19. The Balaban J connectivity index is 1.68. The number of benzene rings is 2. The summed E-state index contributed by atoms with van der Waals surface area (Å²) in [4.78, 5) is 26.1. The topological polar surface area (TPSA) is 49.3 Å². The fourth-order valence-corrected chi connectivity index (χ4v) is 3.64. The van der Waals surface area contributed by atoms with Gasteiger partial charge < -0.3 is 9.80 Å². The van der Waals surface area contributed by atoms with Crippen molar-refractivity contribution in [2.24, 2.45) is 0 Å². The van der Waals surface area contributed by atoms with E-state index in [0.717, 1.165) is 17.8 Å². The van der Waals surface area contributed by atoms with Crippen LogP contribution in [0.25, 0.3) is 0 Å². The van der Waals surface area contributed by atoms with Gasteiger partial charge in [0.05, 0.1) is 0 Å². The number of nitrogens with zero attached hydrogens (tertiary/aromatic N) is 4. The Morgan fingerprint density at radius 3 is 2.63 bits per heavy atom. The predicted octanol–water partition coefficient (Wildman–Crippen LogP) is 4.23. The lowest BCUT2D eigenvalue weighted by Gasteiger charge is -2.24. The number of anilines is 3. The lowest BCUT2D eigenvalue weighted by atomic mass is 10.1. The molecule has 27 heavy (non-hydrogen) atoms. The highest BCUT2D eigenvalue weighted by Gasteiger charge is 2.32. The van der Waals surface area contributed by atoms with Crippen LogP contribution in [0.1, 0.15) is 29.9 Å². The van der Waals surface area contributed by atoms with E-state index in [4.69, 9.17) is 0 Å². The Morgan fingerprint density at radius 1 is 1.11 bits per heavy atom. The van der Waals surface area contributed by atoms with Crippen LogP contribution < -0.4 is 9.80 Å². The average Bonchev–Trinajstić information content (AvgIpc) is 3.05. The van der Waals surface area contributed by atoms with E-state index in [1.165, 1.54) is 5.56 Å². The second-order valence-electron chi connectivity index (χ2n) is 6.68. The first-order valence-corrected chi connectivity index (χ1v) is 9.26. The maximum atomic E-state index is 13.2. The minimum Gasteiger partial charge on any atom is -0.311 e. The van der Waals surface area contributed by atoms with Crippen LogP contribution in [-0.2, 0) is 6.42 Å². The zero-order valence-electron chi connectivity index (χ0n) is 15.5. The maximum absolute atomic E-state index is 13.2. The highest BCUT2D eigenvalue weighted by molar-refractivity contribution is 6.06. The zero-order chi connectivity index (χ0) is 18.8. The molecule has 0 saturated heterocycles. The molecule has 0 N–H and O–H groups in total. The number of carbonyl (C=O) groups is 1. The van der Waals surface area contributed by atoms with E-state index in [1.807, 2.05) is 65.3 Å². The second-order valence-corrected chi connectivity index (χ2v) is 6.68. The normalized spacial score (nSPS) is 15.5. The number of rotatable bonds is 4. The van der Waals surface area contributed by atoms with Crippen molar-refractivity contribution in [1.29, 1.82) is 0 Å². The highest BCUT2D eigenvalue weighted by Crippen LogP contribution is 2.33. The van der Waals surface area contributed by atoms with Crippen LogP contribution >= 0.6 is 0 Å². The molecule has 1 aliphatic heterocycles. The van der Waals surface area contributed by atoms with Gasteiger partial charge in [0.25, 0.3) is 5.91 Å². The van der Waals surface area contributed by atoms with Gasteiger partial charge in [-0.3, -0.25) is 4.79 Å². The number of para-hydroxylation sites is 2. The van der Waals surface area contributed by atoms with Crippen molar-refractivity contribution in [3.8, 4) is 0 Å². The van der Waals surface area contributed by atoms with Gasteiger partial charge in [-0.05, 0) is 50.1 Å². The number of aromatic nitrogens is 2. The minimum absolute atomic E-state index is 0.0831. The van der Waals surface area contributed by atoms with Crippen molar-refractivity contribution in [3.05, 3.63) is 78.1 Å². The number of fused-ring (bicyclic) bond motifs is 1. The summed E-state index contributed by atoms with van der Waals surface area (Å²) < 4.78 is 0. The molecule has 1 amide bonds. The van der Waals surface area contributed by atoms with Gasteiger partial charge >= 0.3 is 0 Å². The van der Waals surface area contributed by atoms with Crippen LogP contribution in [0.15, 0.2) is 66.9 Å². The molecule has 136 valence electrons. The molecule has 2 heterocycles. The Hall–Kier alpha value is -3.21. The first-order chi connectivity index (χ1) is 13.2. The summed E-state index contributed by atoms with van der Waals surface area (Å²) in [6, 6.07) is 19.8. The summed E-state index contributed by atoms with van der Waals surface area (Å²) in [5, 5.41) is 0. The Labute approximate surface area is 159 Å². The summed E-state index contributed by atoms with van der Waals surface area (Å²) in [5.74, 6) is 0.454. The summed E-state index contributed by atoms with van der Waals surface area (Å²) in [7, 11) is 0. The van der Waals surface area contributed by atoms with Crippen LogP contribution in [0, 0.1) is 0 Å². The molecule has 4 rings (SSSR count). The van der Waals surface area contributed by atoms with E-state index in [9.17, 15) is 4.79 Å². The fraction of sp³-hybridized carbons (Fsp3) is 0.227. The van der Waals surface area contributed by atoms with Gasteiger partial charge in [-0.25, -0.2) is 9.97 Å². The SMILES string of the molecule is CCN(c1ccccc1)c1nccc(C(=O)N2c3ccccc3CC2C)n1. The van der Waals surface area contributed by atoms with Crippen LogP contribution in [-0.4, -0.2) is 28.5 Å². The molecule has 1 aliphatic rings. The summed E-state index contributed by atoms with van der Waals surface area (Å²) >= 11 is 0. The molecule has 0 saturated carbocycles. The van der Waals surface area contributed by atoms with Crippen molar-refractivity contribution >= 4 is 23.2 Å². The van der Waals surface area contributed by atoms with E-state index in [1.54, 1.807) is 12.3 Å². The quantitative estimate of drug-likeness (QED) is 0.700. The van der Waals surface area contributed by atoms with Gasteiger partial charge in [-0.1, -0.05) is 36.4 Å². The lowest BCUT2D eigenvalue weighted by Crippen LogP contribution is -2.36. The van der Waals surface area contributed by atoms with E-state index in [-0.39, 0.29) is 11.9 Å². The molecule has 0 spiro atoms. The predicted molar refractivity (Wildman–Crippen MR) is 108 cm³/mol. The molecule has 5 nitrogen and oxygen atoms in total. The molecule has 0 radical (unpaired) electrons. The van der Waals surface area contributed by atoms with Crippen LogP contribution in [0.3, 0.4) is 0 Å². The molecule has 2 aromatic carbocycles. The number of hydrogen-bond donors (Lipinski definition) is 0. The van der Waals surface area contributed by atoms with E-state index < -0.39 is 0 Å². The van der Waals surface area contributed by atoms with Crippen molar-refractivity contribution in [2.45, 2.75) is 26.3 Å². The summed E-state index contributed by atoms with van der Waals surface area (Å²) in [6.45, 7) is 4.83. The maximum Gasteiger partial charge on any atom is 0.277 e. The Bertz CT molecular complexity index is 957. The first-order valence-electron chi connectivity index (χ1n) is 9.26. The molecule has 0 fully saturated rings. The van der Waals surface area contributed by atoms with Gasteiger partial charge in [0.15, 0.2) is 0 Å². The molecule has 5 heteroatoms. The number of hydrogen-bond acceptors (Lipinski definition) is 4. The minimum atomic E-state index is -0.0831. The zero-order valence-corrected chi connectivity index (χ0v) is 15.5. The Kier molecular flexibility index (Phi) is 4.59. The van der Waals surface area contributed by atoms with Gasteiger partial charge in [-0.15, -0.1) is 0 Å². The molecular weight excluding hydrogens is 336 g/mol. The first kappa shape index (κ1) is 17.2. The molecule has 3 aromatic rings. The Morgan fingerprint density at radius 2 is 1.85 bits per heavy atom. The third kappa shape index (κ3) is 3.16. The molecule has 0 bridgehead atoms. The van der Waals surface area contributed by atoms with E-state index >= 15 is 0 Å². The van der Waals surface area contributed by atoms with Crippen LogP contribution in [0.5, 0.6) is 0 Å². The van der Waals surface area contributed by atoms with Gasteiger partial charge in [-0.2, -0.15) is 0 Å². The lowest BCUT2D eigenvalue weighted by molar-refractivity contribution is 0.0976. The van der Waals surface area contributed by atoms with Crippen molar-refractivity contribution in [1.82, 2.24) is 9.97 Å². The molecule has 1 unspecified atom stereocenters. The molecule has 0 aliphatic carbocycles. The summed E-state index contributed by atoms with van der Waals surface area (Å²) in [5.41, 5.74) is 3.60. The highest BCUT2D eigenvalue weighted by atomic mass is 16.2. The van der Waals surface area contributed by atoms with Gasteiger partial charge in [0, 0.05) is 30.2 Å². The fourth-order valence-electron chi connectivity index (χ4n) is 3.64. The third-order valence-corrected chi connectivity index (χ3v) is 4.91. The largest absolute Gasteiger partial charge is 0.311 e. The molecule has 1 atom stereocenters. The standard InChI is InChI=1S/C22H22N4O/c1-3-25(18-10-5-4-6-11-18)22-23-14-13-19(24-22)21(27)26-16(2)15-17-9-7-8-12-20(17)26/h4-14,16H,3,15H2,1-2H3. The monoisotopic (exact) mass is 358 g/mol. The van der Waals surface area contributed by atoms with Crippen molar-refractivity contribution in [3.63, 3.8) is 0 Å². The number of amides is 1. The smallest absolute Gasteiger partial charge is 0.277 e. The third-order valence-electron chi connectivity index (χ3n) is 4.91. The molecule has 1 aromatic heterocycles. The van der Waals surface area contributed by atoms with Gasteiger partial charge in [0.1, 0.15) is 5.69 Å². The van der Waals surface area contributed by atoms with Crippen molar-refractivity contribution < 1.29 is 4.79 Å². The van der Waals surface area contributed by atoms with E-state index in [0.29, 0.717) is 18.2 Å². The van der Waals surface area contributed by atoms with E-state index in [2.05, 4.69) is 23.0 Å². The molecular formula is C22H22N4O. The number of carbonyl (C=O) groups excluding carboxylic acids is 1. The average molecular weight is 358 g/mol. The van der Waals surface area contributed by atoms with Gasteiger partial charge in [0.2, 0.25) is 5.95 Å². The van der Waals surface area contributed by atoms with Crippen molar-refractivity contribution in [2.75, 3.05) is 16.3 Å². The van der Waals surface area contributed by atoms with Crippen LogP contribution in [0.4, 0.5) is 17.3 Å². The van der Waals surface area contributed by atoms with Crippen LogP contribution in [0.2, 0.25) is 0 Å². The summed E-state index contributed by atoms with van der Waals surface area (Å²) in [6.07, 6.45) is 2.53.